The molecule has 98 valence electrons. The lowest BCUT2D eigenvalue weighted by Gasteiger charge is -1.82. The number of aryl methyl sites for hydroxylation is 1. The highest BCUT2D eigenvalue weighted by Gasteiger charge is 1.72. The number of rotatable bonds is 2. The number of hydrogen-bond acceptors (Lipinski definition) is 0. The van der Waals surface area contributed by atoms with Crippen molar-refractivity contribution in [3.8, 4) is 0 Å². The molecule has 0 bridgehead atoms. The molecule has 1 rings (SSSR count). The van der Waals surface area contributed by atoms with Crippen LogP contribution in [0.4, 0.5) is 0 Å². The second kappa shape index (κ2) is 23.8. The van der Waals surface area contributed by atoms with Crippen LogP contribution >= 0.6 is 0 Å². The van der Waals surface area contributed by atoms with Crippen molar-refractivity contribution < 1.29 is 0 Å². The third kappa shape index (κ3) is 23.2. The molecular formula is C16H34. The van der Waals surface area contributed by atoms with Crippen LogP contribution in [0.5, 0.6) is 0 Å². The minimum absolute atomic E-state index is 0. The second-order valence-corrected chi connectivity index (χ2v) is 3.01. The Bertz CT molecular complexity index is 163. The molecular weight excluding hydrogens is 192 g/mol. The molecule has 16 heavy (non-hydrogen) atoms. The van der Waals surface area contributed by atoms with Gasteiger partial charge >= 0.3 is 0 Å². The fourth-order valence-electron chi connectivity index (χ4n) is 0.888. The molecule has 0 aromatic heterocycles. The smallest absolute Gasteiger partial charge is 0.0398 e. The van der Waals surface area contributed by atoms with E-state index in [1.165, 1.54) is 24.8 Å². The Morgan fingerprint density at radius 2 is 1.19 bits per heavy atom. The van der Waals surface area contributed by atoms with Gasteiger partial charge in [-0.15, -0.1) is 0 Å². The Morgan fingerprint density at radius 3 is 1.31 bits per heavy atom. The lowest BCUT2D eigenvalue weighted by molar-refractivity contribution is 0.772. The van der Waals surface area contributed by atoms with E-state index >= 15 is 0 Å². The molecule has 0 aliphatic heterocycles. The van der Waals surface area contributed by atoms with Crippen LogP contribution in [0, 0.1) is 6.92 Å². The summed E-state index contributed by atoms with van der Waals surface area (Å²) in [5.74, 6) is 0. The van der Waals surface area contributed by atoms with Crippen LogP contribution in [-0.4, -0.2) is 0 Å². The molecule has 0 saturated heterocycles. The minimum atomic E-state index is 0. The van der Waals surface area contributed by atoms with Gasteiger partial charge in [-0.2, -0.15) is 0 Å². The predicted molar refractivity (Wildman–Crippen MR) is 81.2 cm³/mol. The molecule has 0 aliphatic rings. The van der Waals surface area contributed by atoms with Gasteiger partial charge in [0.2, 0.25) is 0 Å². The largest absolute Gasteiger partial charge is 0.0776 e. The monoisotopic (exact) mass is 226 g/mol. The molecule has 0 heteroatoms. The van der Waals surface area contributed by atoms with Crippen LogP contribution < -0.4 is 0 Å². The summed E-state index contributed by atoms with van der Waals surface area (Å²) in [4.78, 5) is 0. The molecule has 1 aromatic rings. The van der Waals surface area contributed by atoms with Gasteiger partial charge in [-0.05, 0) is 6.92 Å². The van der Waals surface area contributed by atoms with Crippen molar-refractivity contribution in [2.24, 2.45) is 0 Å². The van der Waals surface area contributed by atoms with Gasteiger partial charge in [0.05, 0.1) is 0 Å². The Morgan fingerprint density at radius 1 is 0.812 bits per heavy atom. The SMILES string of the molecule is C.C.CC.CCCCC.Cc1ccccc1. The number of unbranched alkanes of at least 4 members (excludes halogenated alkanes) is 2. The second-order valence-electron chi connectivity index (χ2n) is 3.01. The van der Waals surface area contributed by atoms with Crippen LogP contribution in [0.2, 0.25) is 0 Å². The fraction of sp³-hybridized carbons (Fsp3) is 0.625. The van der Waals surface area contributed by atoms with Gasteiger partial charge in [0.25, 0.3) is 0 Å². The van der Waals surface area contributed by atoms with E-state index in [-0.39, 0.29) is 14.9 Å². The normalized spacial score (nSPS) is 6.81. The van der Waals surface area contributed by atoms with Gasteiger partial charge in [0.1, 0.15) is 0 Å². The third-order valence-corrected chi connectivity index (χ3v) is 1.65. The summed E-state index contributed by atoms with van der Waals surface area (Å²) in [5.41, 5.74) is 1.32. The van der Waals surface area contributed by atoms with Gasteiger partial charge < -0.3 is 0 Å². The Labute approximate surface area is 105 Å². The first-order valence-electron chi connectivity index (χ1n) is 5.82. The molecule has 1 aromatic carbocycles. The summed E-state index contributed by atoms with van der Waals surface area (Å²) in [6.45, 7) is 10.5. The molecule has 0 atom stereocenters. The van der Waals surface area contributed by atoms with Crippen LogP contribution in [0.25, 0.3) is 0 Å². The highest BCUT2D eigenvalue weighted by Crippen LogP contribution is 1.92. The first-order chi connectivity index (χ1) is 6.81. The summed E-state index contributed by atoms with van der Waals surface area (Å²) in [7, 11) is 0. The van der Waals surface area contributed by atoms with Gasteiger partial charge in [0, 0.05) is 0 Å². The van der Waals surface area contributed by atoms with Gasteiger partial charge in [-0.25, -0.2) is 0 Å². The zero-order valence-electron chi connectivity index (χ0n) is 10.5. The van der Waals surface area contributed by atoms with Crippen molar-refractivity contribution in [1.29, 1.82) is 0 Å². The lowest BCUT2D eigenvalue weighted by atomic mass is 10.2. The molecule has 0 radical (unpaired) electrons. The zero-order valence-corrected chi connectivity index (χ0v) is 10.5. The standard InChI is InChI=1S/C7H8.C5H12.C2H6.2CH4/c1-7-5-3-2-4-6-7;1-3-5-4-2;1-2;;/h2-6H,1H3;3-5H2,1-2H3;1-2H3;2*1H4. The van der Waals surface area contributed by atoms with Crippen LogP contribution in [0.1, 0.15) is 67.4 Å². The molecule has 0 saturated carbocycles. The summed E-state index contributed by atoms with van der Waals surface area (Å²) in [6.07, 6.45) is 4.08. The predicted octanol–water partition coefficient (Wildman–Crippen LogP) is 6.49. The molecule has 0 aliphatic carbocycles. The zero-order chi connectivity index (χ0) is 11.2. The van der Waals surface area contributed by atoms with E-state index in [0.29, 0.717) is 0 Å². The van der Waals surface area contributed by atoms with E-state index in [1.807, 2.05) is 32.0 Å². The molecule has 0 unspecified atom stereocenters. The van der Waals surface area contributed by atoms with Crippen LogP contribution in [0.15, 0.2) is 30.3 Å². The topological polar surface area (TPSA) is 0 Å². The van der Waals surface area contributed by atoms with E-state index in [9.17, 15) is 0 Å². The first-order valence-corrected chi connectivity index (χ1v) is 5.82. The highest BCUT2D eigenvalue weighted by molar-refractivity contribution is 5.11. The maximum Gasteiger partial charge on any atom is -0.0398 e. The van der Waals surface area contributed by atoms with Gasteiger partial charge in [0.15, 0.2) is 0 Å². The maximum atomic E-state index is 2.21. The molecule has 0 spiro atoms. The van der Waals surface area contributed by atoms with Gasteiger partial charge in [-0.3, -0.25) is 0 Å². The maximum absolute atomic E-state index is 2.21. The van der Waals surface area contributed by atoms with E-state index in [2.05, 4.69) is 32.9 Å². The molecule has 0 fully saturated rings. The van der Waals surface area contributed by atoms with Crippen molar-refractivity contribution in [3.05, 3.63) is 35.9 Å². The average Bonchev–Trinajstić information content (AvgIpc) is 2.24. The van der Waals surface area contributed by atoms with Crippen molar-refractivity contribution in [2.45, 2.75) is 68.7 Å². The molecule has 0 heterocycles. The quantitative estimate of drug-likeness (QED) is 0.540. The van der Waals surface area contributed by atoms with Crippen molar-refractivity contribution in [3.63, 3.8) is 0 Å². The van der Waals surface area contributed by atoms with Crippen molar-refractivity contribution in [1.82, 2.24) is 0 Å². The Hall–Kier alpha value is -0.780. The Balaban J connectivity index is -0.0000000728. The van der Waals surface area contributed by atoms with E-state index < -0.39 is 0 Å². The van der Waals surface area contributed by atoms with E-state index in [0.717, 1.165) is 0 Å². The number of hydrogen-bond donors (Lipinski definition) is 0. The van der Waals surface area contributed by atoms with E-state index in [4.69, 9.17) is 0 Å². The third-order valence-electron chi connectivity index (χ3n) is 1.65. The van der Waals surface area contributed by atoms with Crippen LogP contribution in [0.3, 0.4) is 0 Å². The summed E-state index contributed by atoms with van der Waals surface area (Å²) < 4.78 is 0. The highest BCUT2D eigenvalue weighted by atomic mass is 13.8. The fourth-order valence-corrected chi connectivity index (χ4v) is 0.888. The lowest BCUT2D eigenvalue weighted by Crippen LogP contribution is -1.62. The summed E-state index contributed by atoms with van der Waals surface area (Å²) in [6, 6.07) is 10.3. The molecule has 0 nitrogen and oxygen atoms in total. The van der Waals surface area contributed by atoms with E-state index in [1.54, 1.807) is 0 Å². The summed E-state index contributed by atoms with van der Waals surface area (Å²) in [5, 5.41) is 0. The van der Waals surface area contributed by atoms with Gasteiger partial charge in [-0.1, -0.05) is 97.7 Å². The molecule has 0 amide bonds. The first kappa shape index (κ1) is 24.4. The minimum Gasteiger partial charge on any atom is -0.0776 e. The summed E-state index contributed by atoms with van der Waals surface area (Å²) >= 11 is 0. The van der Waals surface area contributed by atoms with Crippen molar-refractivity contribution >= 4 is 0 Å². The van der Waals surface area contributed by atoms with Crippen LogP contribution in [-0.2, 0) is 0 Å². The van der Waals surface area contributed by atoms with Crippen molar-refractivity contribution in [2.75, 3.05) is 0 Å². The molecule has 0 N–H and O–H groups in total. The Kier molecular flexibility index (Phi) is 36.4. The number of benzene rings is 1. The average molecular weight is 226 g/mol.